The van der Waals surface area contributed by atoms with Crippen LogP contribution in [0.4, 0.5) is 30.7 Å². The first-order valence-corrected chi connectivity index (χ1v) is 4.64. The fourth-order valence-electron chi connectivity index (χ4n) is 1.22. The van der Waals surface area contributed by atoms with Crippen LogP contribution < -0.4 is 4.74 Å². The molecule has 0 atom stereocenters. The maximum atomic E-state index is 13.2. The van der Waals surface area contributed by atoms with Crippen LogP contribution in [0.5, 0.6) is 5.88 Å². The van der Waals surface area contributed by atoms with E-state index in [-0.39, 0.29) is 6.07 Å². The largest absolute Gasteiger partial charge is 0.574 e. The molecule has 0 aromatic carbocycles. The summed E-state index contributed by atoms with van der Waals surface area (Å²) in [5.41, 5.74) is -3.20. The fraction of sp³-hybridized carbons (Fsp3) is 0.333. The van der Waals surface area contributed by atoms with Crippen LogP contribution in [-0.4, -0.2) is 22.4 Å². The number of aromatic nitrogens is 1. The van der Waals surface area contributed by atoms with Crippen molar-refractivity contribution in [3.05, 3.63) is 23.1 Å². The van der Waals surface area contributed by atoms with E-state index < -0.39 is 47.9 Å². The number of carboxylic acid groups (broad SMARTS) is 1. The topological polar surface area (TPSA) is 59.4 Å². The van der Waals surface area contributed by atoms with E-state index in [1.807, 2.05) is 0 Å². The molecule has 11 heteroatoms. The highest BCUT2D eigenvalue weighted by Gasteiger charge is 2.43. The summed E-state index contributed by atoms with van der Waals surface area (Å²) >= 11 is 0. The molecular weight excluding hydrogens is 303 g/mol. The van der Waals surface area contributed by atoms with Gasteiger partial charge in [-0.3, -0.25) is 4.79 Å². The van der Waals surface area contributed by atoms with Crippen LogP contribution in [0.2, 0.25) is 0 Å². The molecule has 1 rings (SSSR count). The van der Waals surface area contributed by atoms with E-state index in [0.29, 0.717) is 0 Å². The number of rotatable bonds is 3. The van der Waals surface area contributed by atoms with E-state index >= 15 is 0 Å². The SMILES string of the molecule is O=C(O)Cc1cc(F)c(C(F)(F)F)c(OC(F)(F)F)n1. The summed E-state index contributed by atoms with van der Waals surface area (Å²) in [7, 11) is 0. The van der Waals surface area contributed by atoms with Crippen LogP contribution in [0.1, 0.15) is 11.3 Å². The number of nitrogens with zero attached hydrogens (tertiary/aromatic N) is 1. The predicted octanol–water partition coefficient (Wildman–Crippen LogP) is 2.77. The van der Waals surface area contributed by atoms with Crippen molar-refractivity contribution in [3.63, 3.8) is 0 Å². The summed E-state index contributed by atoms with van der Waals surface area (Å²) in [5, 5.41) is 8.36. The number of hydrogen-bond donors (Lipinski definition) is 1. The maximum Gasteiger partial charge on any atom is 0.574 e. The first kappa shape index (κ1) is 16.0. The zero-order chi connectivity index (χ0) is 15.7. The number of pyridine rings is 1. The van der Waals surface area contributed by atoms with Gasteiger partial charge in [0.25, 0.3) is 0 Å². The lowest BCUT2D eigenvalue weighted by molar-refractivity contribution is -0.278. The number of aliphatic carboxylic acids is 1. The Hall–Kier alpha value is -2.07. The van der Waals surface area contributed by atoms with Gasteiger partial charge in [-0.05, 0) is 6.07 Å². The molecule has 0 bridgehead atoms. The Kier molecular flexibility index (Phi) is 4.10. The summed E-state index contributed by atoms with van der Waals surface area (Å²) in [6, 6.07) is 0.0835. The summed E-state index contributed by atoms with van der Waals surface area (Å²) in [6.07, 6.45) is -12.1. The summed E-state index contributed by atoms with van der Waals surface area (Å²) in [6.45, 7) is 0. The molecule has 0 aliphatic carbocycles. The van der Waals surface area contributed by atoms with E-state index in [0.717, 1.165) is 0 Å². The molecule has 0 saturated heterocycles. The second kappa shape index (κ2) is 5.13. The van der Waals surface area contributed by atoms with Crippen LogP contribution in [0.25, 0.3) is 0 Å². The number of carboxylic acids is 1. The minimum absolute atomic E-state index is 0.0835. The zero-order valence-corrected chi connectivity index (χ0v) is 9.14. The highest BCUT2D eigenvalue weighted by atomic mass is 19.4. The summed E-state index contributed by atoms with van der Waals surface area (Å²) in [4.78, 5) is 13.1. The Balaban J connectivity index is 3.40. The van der Waals surface area contributed by atoms with Gasteiger partial charge in [0.15, 0.2) is 5.56 Å². The van der Waals surface area contributed by atoms with Gasteiger partial charge >= 0.3 is 18.5 Å². The minimum atomic E-state index is -5.54. The molecule has 1 N–H and O–H groups in total. The molecule has 0 amide bonds. The summed E-state index contributed by atoms with van der Waals surface area (Å²) < 4.78 is 89.4. The van der Waals surface area contributed by atoms with Crippen LogP contribution in [-0.2, 0) is 17.4 Å². The highest BCUT2D eigenvalue weighted by molar-refractivity contribution is 5.69. The van der Waals surface area contributed by atoms with E-state index in [1.165, 1.54) is 0 Å². The third-order valence-electron chi connectivity index (χ3n) is 1.82. The van der Waals surface area contributed by atoms with Crippen LogP contribution >= 0.6 is 0 Å². The standard InChI is InChI=1S/C9H4F7NO3/c10-4-1-3(2-5(18)19)17-7(20-9(14,15)16)6(4)8(11,12)13/h1H,2H2,(H,18,19). The van der Waals surface area contributed by atoms with Gasteiger partial charge in [-0.1, -0.05) is 0 Å². The first-order chi connectivity index (χ1) is 8.90. The lowest BCUT2D eigenvalue weighted by Crippen LogP contribution is -2.23. The van der Waals surface area contributed by atoms with Gasteiger partial charge in [0.1, 0.15) is 5.82 Å². The molecule has 112 valence electrons. The molecule has 20 heavy (non-hydrogen) atoms. The second-order valence-corrected chi connectivity index (χ2v) is 3.39. The Morgan fingerprint density at radius 3 is 2.20 bits per heavy atom. The van der Waals surface area contributed by atoms with E-state index in [9.17, 15) is 35.5 Å². The normalized spacial score (nSPS) is 12.3. The van der Waals surface area contributed by atoms with Crippen LogP contribution in [0.3, 0.4) is 0 Å². The lowest BCUT2D eigenvalue weighted by atomic mass is 10.2. The molecule has 0 unspecified atom stereocenters. The van der Waals surface area contributed by atoms with Crippen molar-refractivity contribution in [1.82, 2.24) is 4.98 Å². The van der Waals surface area contributed by atoms with Crippen molar-refractivity contribution >= 4 is 5.97 Å². The molecular formula is C9H4F7NO3. The Labute approximate surface area is 105 Å². The fourth-order valence-corrected chi connectivity index (χ4v) is 1.22. The van der Waals surface area contributed by atoms with Gasteiger partial charge in [0.05, 0.1) is 12.1 Å². The monoisotopic (exact) mass is 307 g/mol. The number of halogens is 7. The zero-order valence-electron chi connectivity index (χ0n) is 9.14. The van der Waals surface area contributed by atoms with Gasteiger partial charge in [-0.25, -0.2) is 9.37 Å². The van der Waals surface area contributed by atoms with Gasteiger partial charge in [-0.2, -0.15) is 13.2 Å². The number of alkyl halides is 6. The number of carbonyl (C=O) groups is 1. The molecule has 0 fully saturated rings. The molecule has 0 aliphatic rings. The van der Waals surface area contributed by atoms with Gasteiger partial charge < -0.3 is 9.84 Å². The molecule has 0 aliphatic heterocycles. The van der Waals surface area contributed by atoms with Crippen molar-refractivity contribution in [2.45, 2.75) is 19.0 Å². The number of hydrogen-bond acceptors (Lipinski definition) is 3. The van der Waals surface area contributed by atoms with Gasteiger partial charge in [0, 0.05) is 0 Å². The Morgan fingerprint density at radius 2 is 1.80 bits per heavy atom. The van der Waals surface area contributed by atoms with Crippen molar-refractivity contribution in [2.24, 2.45) is 0 Å². The molecule has 0 radical (unpaired) electrons. The summed E-state index contributed by atoms with van der Waals surface area (Å²) in [5.74, 6) is -5.81. The van der Waals surface area contributed by atoms with Crippen molar-refractivity contribution in [3.8, 4) is 5.88 Å². The predicted molar refractivity (Wildman–Crippen MR) is 47.2 cm³/mol. The second-order valence-electron chi connectivity index (χ2n) is 3.39. The Morgan fingerprint density at radius 1 is 1.25 bits per heavy atom. The van der Waals surface area contributed by atoms with Crippen LogP contribution in [0, 0.1) is 5.82 Å². The average Bonchev–Trinajstić information content (AvgIpc) is 2.08. The third kappa shape index (κ3) is 4.24. The molecule has 4 nitrogen and oxygen atoms in total. The van der Waals surface area contributed by atoms with Crippen molar-refractivity contribution < 1.29 is 45.4 Å². The van der Waals surface area contributed by atoms with Crippen molar-refractivity contribution in [1.29, 1.82) is 0 Å². The third-order valence-corrected chi connectivity index (χ3v) is 1.82. The molecule has 0 saturated carbocycles. The Bertz CT molecular complexity index is 523. The average molecular weight is 307 g/mol. The minimum Gasteiger partial charge on any atom is -0.481 e. The molecule has 1 aromatic heterocycles. The molecule has 1 heterocycles. The van der Waals surface area contributed by atoms with Gasteiger partial charge in [-0.15, -0.1) is 13.2 Å². The van der Waals surface area contributed by atoms with Crippen molar-refractivity contribution in [2.75, 3.05) is 0 Å². The van der Waals surface area contributed by atoms with E-state index in [1.54, 1.807) is 0 Å². The molecule has 1 aromatic rings. The maximum absolute atomic E-state index is 13.2. The van der Waals surface area contributed by atoms with Gasteiger partial charge in [0.2, 0.25) is 5.88 Å². The number of ether oxygens (including phenoxy) is 1. The van der Waals surface area contributed by atoms with E-state index in [2.05, 4.69) is 9.72 Å². The van der Waals surface area contributed by atoms with E-state index in [4.69, 9.17) is 5.11 Å². The molecule has 0 spiro atoms. The lowest BCUT2D eigenvalue weighted by Gasteiger charge is -2.15. The highest BCUT2D eigenvalue weighted by Crippen LogP contribution is 2.39. The first-order valence-electron chi connectivity index (χ1n) is 4.64. The van der Waals surface area contributed by atoms with Crippen LogP contribution in [0.15, 0.2) is 6.07 Å². The quantitative estimate of drug-likeness (QED) is 0.872. The smallest absolute Gasteiger partial charge is 0.481 e.